The van der Waals surface area contributed by atoms with Gasteiger partial charge in [-0.1, -0.05) is 11.8 Å². The van der Waals surface area contributed by atoms with E-state index >= 15 is 0 Å². The summed E-state index contributed by atoms with van der Waals surface area (Å²) in [5.41, 5.74) is 0. The maximum atomic E-state index is 4.10. The molecule has 0 N–H and O–H groups in total. The molecule has 1 aliphatic heterocycles. The number of hydrogen-bond acceptors (Lipinski definition) is 0. The zero-order valence-electron chi connectivity index (χ0n) is 4.65. The van der Waals surface area contributed by atoms with Crippen LogP contribution in [0.1, 0.15) is 26.2 Å². The Morgan fingerprint density at radius 1 is 1.86 bits per heavy atom. The Hall–Kier alpha value is -0.510. The van der Waals surface area contributed by atoms with E-state index in [1.807, 2.05) is 0 Å². The van der Waals surface area contributed by atoms with Crippen molar-refractivity contribution in [3.63, 3.8) is 0 Å². The normalized spacial score (nSPS) is 26.7. The van der Waals surface area contributed by atoms with Crippen molar-refractivity contribution >= 4 is 0 Å². The molecule has 1 unspecified atom stereocenters. The fraction of sp³-hybridized carbons (Fsp3) is 0.833. The number of nitrogens with zero attached hydrogens (tertiary/aromatic N) is 1. The molecular weight excluding hydrogens is 86.1 g/mol. The van der Waals surface area contributed by atoms with E-state index in [2.05, 4.69) is 17.8 Å². The largest absolute Gasteiger partial charge is 0.273 e. The highest BCUT2D eigenvalue weighted by Crippen LogP contribution is 2.10. The quantitative estimate of drug-likeness (QED) is 0.469. The van der Waals surface area contributed by atoms with Crippen LogP contribution >= 0.6 is 0 Å². The Labute approximate surface area is 44.2 Å². The Balaban J connectivity index is 2.33. The molecule has 0 radical (unpaired) electrons. The third-order valence-electron chi connectivity index (χ3n) is 1.33. The van der Waals surface area contributed by atoms with E-state index < -0.39 is 0 Å². The van der Waals surface area contributed by atoms with Gasteiger partial charge in [-0.25, -0.2) is 0 Å². The van der Waals surface area contributed by atoms with E-state index in [0.717, 1.165) is 6.42 Å². The summed E-state index contributed by atoms with van der Waals surface area (Å²) in [6.07, 6.45) is 3.50. The summed E-state index contributed by atoms with van der Waals surface area (Å²) in [6, 6.07) is 3.56. The zero-order valence-corrected chi connectivity index (χ0v) is 4.65. The van der Waals surface area contributed by atoms with Crippen molar-refractivity contribution < 1.29 is 0 Å². The van der Waals surface area contributed by atoms with Crippen molar-refractivity contribution in [2.45, 2.75) is 32.2 Å². The summed E-state index contributed by atoms with van der Waals surface area (Å²) in [6.45, 7) is 2.17. The van der Waals surface area contributed by atoms with Crippen LogP contribution in [-0.4, -0.2) is 6.04 Å². The Morgan fingerprint density at radius 2 is 2.71 bits per heavy atom. The minimum atomic E-state index is 0.611. The average Bonchev–Trinajstić information content (AvgIpc) is 2.14. The van der Waals surface area contributed by atoms with E-state index in [9.17, 15) is 0 Å². The smallest absolute Gasteiger partial charge is 0.0804 e. The van der Waals surface area contributed by atoms with Crippen LogP contribution in [0.4, 0.5) is 0 Å². The third kappa shape index (κ3) is 0.928. The fourth-order valence-corrected chi connectivity index (χ4v) is 0.785. The van der Waals surface area contributed by atoms with Gasteiger partial charge < -0.3 is 0 Å². The van der Waals surface area contributed by atoms with Crippen LogP contribution in [0.15, 0.2) is 0 Å². The number of rotatable bonds is 1. The van der Waals surface area contributed by atoms with Gasteiger partial charge >= 0.3 is 0 Å². The molecule has 1 aliphatic rings. The van der Waals surface area contributed by atoms with Crippen LogP contribution in [-0.2, 0) is 0 Å². The molecule has 1 nitrogen and oxygen atoms in total. The fourth-order valence-electron chi connectivity index (χ4n) is 0.785. The molecule has 7 heavy (non-hydrogen) atoms. The minimum absolute atomic E-state index is 0.611. The lowest BCUT2D eigenvalue weighted by Gasteiger charge is -1.82. The topological polar surface area (TPSA) is 4.36 Å². The molecule has 0 aromatic rings. The average molecular weight is 96.2 g/mol. The Bertz CT molecular complexity index is 107. The van der Waals surface area contributed by atoms with Crippen molar-refractivity contribution in [3.8, 4) is 6.07 Å². The lowest BCUT2D eigenvalue weighted by molar-refractivity contribution is 0.711. The molecule has 0 aromatic carbocycles. The molecule has 0 aliphatic carbocycles. The van der Waals surface area contributed by atoms with E-state index in [1.54, 1.807) is 0 Å². The highest BCUT2D eigenvalue weighted by molar-refractivity contribution is 5.00. The molecule has 1 atom stereocenters. The predicted octanol–water partition coefficient (Wildman–Crippen LogP) is 1.89. The van der Waals surface area contributed by atoms with Gasteiger partial charge in [-0.05, 0) is 0 Å². The summed E-state index contributed by atoms with van der Waals surface area (Å²) in [7, 11) is 0. The zero-order chi connectivity index (χ0) is 5.11. The molecule has 0 bridgehead atoms. The van der Waals surface area contributed by atoms with Crippen molar-refractivity contribution in [2.75, 3.05) is 0 Å². The van der Waals surface area contributed by atoms with Gasteiger partial charge in [-0.15, -0.1) is 0 Å². The molecular formula is C6H10N+. The summed E-state index contributed by atoms with van der Waals surface area (Å²) in [5.74, 6) is 0. The van der Waals surface area contributed by atoms with E-state index in [1.165, 1.54) is 12.8 Å². The van der Waals surface area contributed by atoms with Crippen LogP contribution in [0.3, 0.4) is 0 Å². The molecule has 0 saturated heterocycles. The van der Waals surface area contributed by atoms with E-state index in [-0.39, 0.29) is 0 Å². The van der Waals surface area contributed by atoms with Crippen molar-refractivity contribution in [1.29, 1.82) is 0 Å². The molecule has 0 amide bonds. The summed E-state index contributed by atoms with van der Waals surface area (Å²) < 4.78 is 0. The molecule has 0 saturated carbocycles. The summed E-state index contributed by atoms with van der Waals surface area (Å²) >= 11 is 0. The maximum absolute atomic E-state index is 4.10. The van der Waals surface area contributed by atoms with Crippen molar-refractivity contribution in [1.82, 2.24) is 0 Å². The summed E-state index contributed by atoms with van der Waals surface area (Å²) in [5, 5.41) is 0. The van der Waals surface area contributed by atoms with Gasteiger partial charge in [0, 0.05) is 12.8 Å². The highest BCUT2D eigenvalue weighted by Gasteiger charge is 2.18. The first-order chi connectivity index (χ1) is 3.43. The lowest BCUT2D eigenvalue weighted by Crippen LogP contribution is -1.92. The van der Waals surface area contributed by atoms with E-state index in [4.69, 9.17) is 0 Å². The van der Waals surface area contributed by atoms with Crippen molar-refractivity contribution in [2.24, 2.45) is 0 Å². The standard InChI is InChI=1S/C6H10N/c1-2-6-4-3-5-7-6/h6H,2-4H2,1H3/q+1. The van der Waals surface area contributed by atoms with Gasteiger partial charge in [0.25, 0.3) is 12.1 Å². The first kappa shape index (κ1) is 4.64. The van der Waals surface area contributed by atoms with Gasteiger partial charge in [-0.2, -0.15) is 0 Å². The van der Waals surface area contributed by atoms with Gasteiger partial charge in [0.05, 0.1) is 6.42 Å². The van der Waals surface area contributed by atoms with Crippen LogP contribution in [0.5, 0.6) is 0 Å². The first-order valence-electron chi connectivity index (χ1n) is 2.86. The van der Waals surface area contributed by atoms with Gasteiger partial charge in [0.1, 0.15) is 0 Å². The lowest BCUT2D eigenvalue weighted by atomic mass is 10.2. The second-order valence-electron chi connectivity index (χ2n) is 1.89. The van der Waals surface area contributed by atoms with Crippen LogP contribution in [0, 0.1) is 6.07 Å². The molecule has 1 heterocycles. The third-order valence-corrected chi connectivity index (χ3v) is 1.33. The molecule has 0 aromatic heterocycles. The Morgan fingerprint density at radius 3 is 3.00 bits per heavy atom. The Kier molecular flexibility index (Phi) is 1.31. The molecule has 1 heteroatoms. The number of hydrogen-bond donors (Lipinski definition) is 0. The maximum Gasteiger partial charge on any atom is 0.273 e. The predicted molar refractivity (Wildman–Crippen MR) is 30.6 cm³/mol. The monoisotopic (exact) mass is 96.1 g/mol. The van der Waals surface area contributed by atoms with Crippen LogP contribution < -0.4 is 0 Å². The van der Waals surface area contributed by atoms with E-state index in [0.29, 0.717) is 6.04 Å². The van der Waals surface area contributed by atoms with Gasteiger partial charge in [0.15, 0.2) is 0 Å². The molecule has 1 rings (SSSR count). The molecule has 0 fully saturated rings. The first-order valence-corrected chi connectivity index (χ1v) is 2.86. The SMILES string of the molecule is CCC1CCC#[N+]1. The highest BCUT2D eigenvalue weighted by atomic mass is 14.7. The summed E-state index contributed by atoms with van der Waals surface area (Å²) in [4.78, 5) is 4.10. The van der Waals surface area contributed by atoms with Gasteiger partial charge in [0.2, 0.25) is 0 Å². The second kappa shape index (κ2) is 1.97. The minimum Gasteiger partial charge on any atom is -0.0804 e. The molecule has 0 spiro atoms. The van der Waals surface area contributed by atoms with Crippen LogP contribution in [0.25, 0.3) is 4.85 Å². The molecule has 38 valence electrons. The van der Waals surface area contributed by atoms with Gasteiger partial charge in [-0.3, -0.25) is 0 Å². The second-order valence-corrected chi connectivity index (χ2v) is 1.89. The van der Waals surface area contributed by atoms with Crippen molar-refractivity contribution in [3.05, 3.63) is 4.85 Å². The van der Waals surface area contributed by atoms with Crippen LogP contribution in [0.2, 0.25) is 0 Å².